The lowest BCUT2D eigenvalue weighted by molar-refractivity contribution is 0.190. The van der Waals surface area contributed by atoms with Crippen LogP contribution >= 0.6 is 0 Å². The van der Waals surface area contributed by atoms with Crippen LogP contribution in [-0.4, -0.2) is 37.1 Å². The second kappa shape index (κ2) is 8.19. The number of hydrogen-bond acceptors (Lipinski definition) is 2. The van der Waals surface area contributed by atoms with Crippen LogP contribution in [0.3, 0.4) is 0 Å². The van der Waals surface area contributed by atoms with E-state index in [9.17, 15) is 0 Å². The van der Waals surface area contributed by atoms with E-state index in [0.717, 1.165) is 17.9 Å². The van der Waals surface area contributed by atoms with E-state index in [-0.39, 0.29) is 0 Å². The Balaban J connectivity index is 1.63. The summed E-state index contributed by atoms with van der Waals surface area (Å²) < 4.78 is 0. The third kappa shape index (κ3) is 5.21. The third-order valence-corrected chi connectivity index (χ3v) is 5.00. The maximum atomic E-state index is 3.86. The van der Waals surface area contributed by atoms with E-state index in [1.54, 1.807) is 5.57 Å². The average molecular weight is 278 g/mol. The van der Waals surface area contributed by atoms with Gasteiger partial charge in [-0.2, -0.15) is 0 Å². The first kappa shape index (κ1) is 16.0. The van der Waals surface area contributed by atoms with E-state index in [1.165, 1.54) is 64.7 Å². The lowest BCUT2D eigenvalue weighted by Crippen LogP contribution is -2.44. The molecule has 0 aromatic carbocycles. The quantitative estimate of drug-likeness (QED) is 0.743. The lowest BCUT2D eigenvalue weighted by Gasteiger charge is -2.34. The highest BCUT2D eigenvalue weighted by molar-refractivity contribution is 5.06. The van der Waals surface area contributed by atoms with Gasteiger partial charge in [0.1, 0.15) is 0 Å². The highest BCUT2D eigenvalue weighted by atomic mass is 15.1. The fraction of sp³-hybridized carbons (Fsp3) is 0.889. The van der Waals surface area contributed by atoms with Gasteiger partial charge in [-0.3, -0.25) is 0 Å². The Morgan fingerprint density at radius 3 is 2.70 bits per heavy atom. The number of nitrogens with zero attached hydrogens (tertiary/aromatic N) is 1. The van der Waals surface area contributed by atoms with Gasteiger partial charge in [0.05, 0.1) is 0 Å². The van der Waals surface area contributed by atoms with Gasteiger partial charge in [-0.1, -0.05) is 31.9 Å². The smallest absolute Gasteiger partial charge is 0.00915 e. The standard InChI is InChI=1S/C18H34N2/c1-4-5-8-20-9-6-18(7-10-20)19-14-17-12-15(2)11-16(3)13-17/h11,15,17-19H,4-10,12-14H2,1-3H3. The van der Waals surface area contributed by atoms with Crippen LogP contribution in [0.5, 0.6) is 0 Å². The Bertz CT molecular complexity index is 303. The molecule has 0 saturated carbocycles. The van der Waals surface area contributed by atoms with Crippen molar-refractivity contribution in [2.75, 3.05) is 26.2 Å². The van der Waals surface area contributed by atoms with Gasteiger partial charge < -0.3 is 10.2 Å². The molecule has 2 aliphatic rings. The molecular weight excluding hydrogens is 244 g/mol. The Morgan fingerprint density at radius 2 is 2.05 bits per heavy atom. The van der Waals surface area contributed by atoms with Gasteiger partial charge in [0.2, 0.25) is 0 Å². The monoisotopic (exact) mass is 278 g/mol. The number of allylic oxidation sites excluding steroid dienone is 2. The molecule has 20 heavy (non-hydrogen) atoms. The summed E-state index contributed by atoms with van der Waals surface area (Å²) in [5.74, 6) is 1.65. The van der Waals surface area contributed by atoms with E-state index in [4.69, 9.17) is 0 Å². The number of hydrogen-bond donors (Lipinski definition) is 1. The number of likely N-dealkylation sites (tertiary alicyclic amines) is 1. The second-order valence-electron chi connectivity index (χ2n) is 7.17. The molecule has 1 saturated heterocycles. The normalized spacial score (nSPS) is 29.4. The first-order valence-electron chi connectivity index (χ1n) is 8.80. The van der Waals surface area contributed by atoms with E-state index >= 15 is 0 Å². The van der Waals surface area contributed by atoms with Crippen LogP contribution in [0.2, 0.25) is 0 Å². The molecule has 0 aromatic rings. The molecule has 0 bridgehead atoms. The lowest BCUT2D eigenvalue weighted by atomic mass is 9.83. The largest absolute Gasteiger partial charge is 0.314 e. The van der Waals surface area contributed by atoms with Crippen LogP contribution in [0.4, 0.5) is 0 Å². The molecule has 0 radical (unpaired) electrons. The van der Waals surface area contributed by atoms with Crippen LogP contribution < -0.4 is 5.32 Å². The minimum Gasteiger partial charge on any atom is -0.314 e. The van der Waals surface area contributed by atoms with Gasteiger partial charge in [-0.05, 0) is 77.0 Å². The molecule has 0 aromatic heterocycles. The van der Waals surface area contributed by atoms with Gasteiger partial charge >= 0.3 is 0 Å². The van der Waals surface area contributed by atoms with Crippen molar-refractivity contribution in [1.29, 1.82) is 0 Å². The first-order valence-corrected chi connectivity index (χ1v) is 8.80. The zero-order chi connectivity index (χ0) is 14.4. The Morgan fingerprint density at radius 1 is 1.30 bits per heavy atom. The molecule has 2 nitrogen and oxygen atoms in total. The predicted octanol–water partition coefficient (Wildman–Crippen LogP) is 3.83. The second-order valence-corrected chi connectivity index (χ2v) is 7.17. The predicted molar refractivity (Wildman–Crippen MR) is 88.0 cm³/mol. The minimum absolute atomic E-state index is 0.773. The zero-order valence-corrected chi connectivity index (χ0v) is 13.8. The molecule has 2 rings (SSSR count). The summed E-state index contributed by atoms with van der Waals surface area (Å²) in [5, 5.41) is 3.86. The highest BCUT2D eigenvalue weighted by Gasteiger charge is 2.21. The minimum atomic E-state index is 0.773. The molecular formula is C18H34N2. The fourth-order valence-corrected chi connectivity index (χ4v) is 3.92. The molecule has 0 amide bonds. The van der Waals surface area contributed by atoms with Gasteiger partial charge in [-0.15, -0.1) is 0 Å². The average Bonchev–Trinajstić information content (AvgIpc) is 2.43. The highest BCUT2D eigenvalue weighted by Crippen LogP contribution is 2.27. The molecule has 1 aliphatic carbocycles. The topological polar surface area (TPSA) is 15.3 Å². The Labute approximate surface area is 126 Å². The maximum absolute atomic E-state index is 3.86. The number of rotatable bonds is 6. The van der Waals surface area contributed by atoms with Crippen molar-refractivity contribution in [3.8, 4) is 0 Å². The third-order valence-electron chi connectivity index (χ3n) is 5.00. The summed E-state index contributed by atoms with van der Waals surface area (Å²) in [6.45, 7) is 12.1. The summed E-state index contributed by atoms with van der Waals surface area (Å²) in [6.07, 6.45) is 10.5. The number of nitrogens with one attached hydrogen (secondary N) is 1. The summed E-state index contributed by atoms with van der Waals surface area (Å²) in [7, 11) is 0. The summed E-state index contributed by atoms with van der Waals surface area (Å²) >= 11 is 0. The van der Waals surface area contributed by atoms with Crippen LogP contribution in [0.25, 0.3) is 0 Å². The summed E-state index contributed by atoms with van der Waals surface area (Å²) in [5.41, 5.74) is 1.60. The molecule has 116 valence electrons. The summed E-state index contributed by atoms with van der Waals surface area (Å²) in [6, 6.07) is 0.773. The van der Waals surface area contributed by atoms with Crippen molar-refractivity contribution in [2.45, 2.75) is 65.3 Å². The van der Waals surface area contributed by atoms with Gasteiger partial charge in [0.25, 0.3) is 0 Å². The molecule has 1 fully saturated rings. The maximum Gasteiger partial charge on any atom is 0.00915 e. The van der Waals surface area contributed by atoms with Crippen LogP contribution in [-0.2, 0) is 0 Å². The van der Waals surface area contributed by atoms with Gasteiger partial charge in [-0.25, -0.2) is 0 Å². The van der Waals surface area contributed by atoms with E-state index < -0.39 is 0 Å². The fourth-order valence-electron chi connectivity index (χ4n) is 3.92. The van der Waals surface area contributed by atoms with Crippen LogP contribution in [0.1, 0.15) is 59.3 Å². The van der Waals surface area contributed by atoms with Gasteiger partial charge in [0.15, 0.2) is 0 Å². The molecule has 1 N–H and O–H groups in total. The van der Waals surface area contributed by atoms with E-state index in [0.29, 0.717) is 0 Å². The van der Waals surface area contributed by atoms with Crippen molar-refractivity contribution < 1.29 is 0 Å². The Kier molecular flexibility index (Phi) is 6.57. The van der Waals surface area contributed by atoms with Crippen molar-refractivity contribution in [1.82, 2.24) is 10.2 Å². The van der Waals surface area contributed by atoms with E-state index in [2.05, 4.69) is 37.1 Å². The van der Waals surface area contributed by atoms with Crippen molar-refractivity contribution >= 4 is 0 Å². The zero-order valence-electron chi connectivity index (χ0n) is 13.8. The summed E-state index contributed by atoms with van der Waals surface area (Å²) in [4.78, 5) is 2.65. The first-order chi connectivity index (χ1) is 9.67. The number of piperidine rings is 1. The molecule has 2 atom stereocenters. The van der Waals surface area contributed by atoms with Crippen molar-refractivity contribution in [3.05, 3.63) is 11.6 Å². The molecule has 1 heterocycles. The molecule has 1 aliphatic heterocycles. The molecule has 0 spiro atoms. The van der Waals surface area contributed by atoms with Crippen LogP contribution in [0.15, 0.2) is 11.6 Å². The SMILES string of the molecule is CCCCN1CCC(NCC2CC(C)=CC(C)C2)CC1. The number of unbranched alkanes of at least 4 members (excludes halogenated alkanes) is 1. The van der Waals surface area contributed by atoms with Crippen LogP contribution in [0, 0.1) is 11.8 Å². The molecule has 2 heteroatoms. The Hall–Kier alpha value is -0.340. The van der Waals surface area contributed by atoms with Crippen molar-refractivity contribution in [3.63, 3.8) is 0 Å². The van der Waals surface area contributed by atoms with Crippen molar-refractivity contribution in [2.24, 2.45) is 11.8 Å². The van der Waals surface area contributed by atoms with Gasteiger partial charge in [0, 0.05) is 6.04 Å². The molecule has 2 unspecified atom stereocenters. The van der Waals surface area contributed by atoms with E-state index in [1.807, 2.05) is 0 Å².